The molecule has 4 aromatic rings. The van der Waals surface area contributed by atoms with E-state index in [0.717, 1.165) is 22.5 Å². The number of rotatable bonds is 6. The molecule has 0 unspecified atom stereocenters. The summed E-state index contributed by atoms with van der Waals surface area (Å²) in [5, 5.41) is 5.49. The fourth-order valence-electron chi connectivity index (χ4n) is 2.82. The first-order valence-corrected chi connectivity index (χ1v) is 10.1. The predicted octanol–water partition coefficient (Wildman–Crippen LogP) is 5.15. The van der Waals surface area contributed by atoms with Crippen LogP contribution in [0.15, 0.2) is 55.0 Å². The van der Waals surface area contributed by atoms with Gasteiger partial charge in [-0.15, -0.1) is 0 Å². The van der Waals surface area contributed by atoms with Gasteiger partial charge in [0.1, 0.15) is 12.4 Å². The lowest BCUT2D eigenvalue weighted by atomic mass is 10.1. The van der Waals surface area contributed by atoms with Gasteiger partial charge in [-0.2, -0.15) is 8.75 Å². The van der Waals surface area contributed by atoms with Crippen molar-refractivity contribution in [2.75, 3.05) is 5.32 Å². The van der Waals surface area contributed by atoms with Crippen LogP contribution in [0.5, 0.6) is 5.75 Å². The van der Waals surface area contributed by atoms with Crippen LogP contribution >= 0.6 is 34.9 Å². The molecule has 0 saturated carbocycles. The van der Waals surface area contributed by atoms with Gasteiger partial charge >= 0.3 is 0 Å². The number of aromatic nitrogens is 3. The summed E-state index contributed by atoms with van der Waals surface area (Å²) in [5.41, 5.74) is 1.66. The molecule has 0 bridgehead atoms. The summed E-state index contributed by atoms with van der Waals surface area (Å²) in [7, 11) is 0. The highest BCUT2D eigenvalue weighted by molar-refractivity contribution is 6.99. The number of carbonyl (C=O) groups is 1. The second-order valence-corrected chi connectivity index (χ2v) is 7.49. The Balaban J connectivity index is 1.53. The fourth-order valence-corrected chi connectivity index (χ4v) is 3.78. The predicted molar refractivity (Wildman–Crippen MR) is 115 cm³/mol. The third kappa shape index (κ3) is 4.48. The van der Waals surface area contributed by atoms with E-state index in [1.54, 1.807) is 30.7 Å². The standard InChI is InChI=1S/C20H14Cl2N4O2S/c21-16-4-5-17(25-19(27)8-13-10-24-29-26-13)20(22)15(16)11-28-18-3-1-2-12-9-23-7-6-14(12)18/h1-7,9-10H,8,11H2,(H,25,27). The Morgan fingerprint density at radius 2 is 2.03 bits per heavy atom. The van der Waals surface area contributed by atoms with E-state index in [1.807, 2.05) is 24.3 Å². The van der Waals surface area contributed by atoms with Gasteiger partial charge in [0.2, 0.25) is 5.91 Å². The van der Waals surface area contributed by atoms with Crippen molar-refractivity contribution in [1.29, 1.82) is 0 Å². The molecule has 146 valence electrons. The van der Waals surface area contributed by atoms with Crippen molar-refractivity contribution in [3.63, 3.8) is 0 Å². The molecule has 0 spiro atoms. The van der Waals surface area contributed by atoms with Crippen LogP contribution in [0.1, 0.15) is 11.3 Å². The zero-order chi connectivity index (χ0) is 20.2. The maximum Gasteiger partial charge on any atom is 0.230 e. The Hall–Kier alpha value is -2.74. The molecule has 0 saturated heterocycles. The van der Waals surface area contributed by atoms with Gasteiger partial charge in [-0.3, -0.25) is 9.78 Å². The van der Waals surface area contributed by atoms with Crippen molar-refractivity contribution < 1.29 is 9.53 Å². The lowest BCUT2D eigenvalue weighted by Gasteiger charge is -2.14. The number of benzene rings is 2. The first-order valence-electron chi connectivity index (χ1n) is 8.60. The number of ether oxygens (including phenoxy) is 1. The quantitative estimate of drug-likeness (QED) is 0.444. The van der Waals surface area contributed by atoms with E-state index in [2.05, 4.69) is 19.0 Å². The summed E-state index contributed by atoms with van der Waals surface area (Å²) in [5.74, 6) is 0.456. The van der Waals surface area contributed by atoms with Gasteiger partial charge in [-0.25, -0.2) is 0 Å². The summed E-state index contributed by atoms with van der Waals surface area (Å²) < 4.78 is 13.9. The lowest BCUT2D eigenvalue weighted by molar-refractivity contribution is -0.115. The van der Waals surface area contributed by atoms with Crippen LogP contribution < -0.4 is 10.1 Å². The molecule has 0 aliphatic rings. The number of carbonyl (C=O) groups excluding carboxylic acids is 1. The highest BCUT2D eigenvalue weighted by Crippen LogP contribution is 2.34. The Morgan fingerprint density at radius 1 is 1.14 bits per heavy atom. The van der Waals surface area contributed by atoms with Crippen molar-refractivity contribution in [1.82, 2.24) is 13.7 Å². The van der Waals surface area contributed by atoms with Gasteiger partial charge in [0.05, 0.1) is 40.7 Å². The maximum atomic E-state index is 12.3. The van der Waals surface area contributed by atoms with Gasteiger partial charge in [0, 0.05) is 33.8 Å². The molecule has 4 rings (SSSR count). The molecule has 2 aromatic heterocycles. The first kappa shape index (κ1) is 19.6. The average Bonchev–Trinajstić information content (AvgIpc) is 3.23. The number of hydrogen-bond acceptors (Lipinski definition) is 6. The molecule has 1 N–H and O–H groups in total. The number of hydrogen-bond donors (Lipinski definition) is 1. The molecule has 2 heterocycles. The van der Waals surface area contributed by atoms with E-state index in [1.165, 1.54) is 0 Å². The minimum atomic E-state index is -0.240. The maximum absolute atomic E-state index is 12.3. The average molecular weight is 445 g/mol. The Labute approximate surface area is 180 Å². The van der Waals surface area contributed by atoms with Gasteiger partial charge in [-0.05, 0) is 24.3 Å². The third-order valence-corrected chi connectivity index (χ3v) is 5.52. The minimum absolute atomic E-state index is 0.116. The number of nitrogens with one attached hydrogen (secondary N) is 1. The summed E-state index contributed by atoms with van der Waals surface area (Å²) >= 11 is 13.9. The zero-order valence-electron chi connectivity index (χ0n) is 14.9. The van der Waals surface area contributed by atoms with E-state index in [0.29, 0.717) is 32.7 Å². The molecule has 0 radical (unpaired) electrons. The first-order chi connectivity index (χ1) is 14.1. The third-order valence-electron chi connectivity index (χ3n) is 4.22. The summed E-state index contributed by atoms with van der Waals surface area (Å²) in [4.78, 5) is 16.4. The molecule has 0 aliphatic heterocycles. The molecule has 2 aromatic carbocycles. The van der Waals surface area contributed by atoms with Crippen LogP contribution in [0.25, 0.3) is 10.8 Å². The van der Waals surface area contributed by atoms with E-state index >= 15 is 0 Å². The number of nitrogens with zero attached hydrogens (tertiary/aromatic N) is 3. The molecule has 0 aliphatic carbocycles. The zero-order valence-corrected chi connectivity index (χ0v) is 17.3. The molecule has 0 atom stereocenters. The minimum Gasteiger partial charge on any atom is -0.488 e. The van der Waals surface area contributed by atoms with Crippen LogP contribution in [-0.4, -0.2) is 19.6 Å². The summed E-state index contributed by atoms with van der Waals surface area (Å²) in [6.07, 6.45) is 5.16. The molecule has 1 amide bonds. The van der Waals surface area contributed by atoms with E-state index in [9.17, 15) is 4.79 Å². The van der Waals surface area contributed by atoms with Crippen molar-refractivity contribution >= 4 is 57.3 Å². The second-order valence-electron chi connectivity index (χ2n) is 6.15. The molecule has 0 fully saturated rings. The Bertz CT molecular complexity index is 1160. The van der Waals surface area contributed by atoms with Gasteiger partial charge in [0.25, 0.3) is 0 Å². The number of fused-ring (bicyclic) bond motifs is 1. The molecular formula is C20H14Cl2N4O2S. The number of amides is 1. The number of anilines is 1. The largest absolute Gasteiger partial charge is 0.488 e. The highest BCUT2D eigenvalue weighted by Gasteiger charge is 2.15. The highest BCUT2D eigenvalue weighted by atomic mass is 35.5. The van der Waals surface area contributed by atoms with E-state index in [-0.39, 0.29) is 18.9 Å². The number of halogens is 2. The molecule has 6 nitrogen and oxygen atoms in total. The van der Waals surface area contributed by atoms with E-state index in [4.69, 9.17) is 27.9 Å². The molecule has 9 heteroatoms. The fraction of sp³-hybridized carbons (Fsp3) is 0.100. The van der Waals surface area contributed by atoms with Gasteiger partial charge in [-0.1, -0.05) is 35.3 Å². The second kappa shape index (κ2) is 8.73. The van der Waals surface area contributed by atoms with Crippen molar-refractivity contribution in [2.24, 2.45) is 0 Å². The van der Waals surface area contributed by atoms with Crippen LogP contribution in [0.3, 0.4) is 0 Å². The van der Waals surface area contributed by atoms with Crippen LogP contribution in [0, 0.1) is 0 Å². The molecular weight excluding hydrogens is 431 g/mol. The van der Waals surface area contributed by atoms with Crippen molar-refractivity contribution in [2.45, 2.75) is 13.0 Å². The molecule has 29 heavy (non-hydrogen) atoms. The monoisotopic (exact) mass is 444 g/mol. The van der Waals surface area contributed by atoms with Crippen LogP contribution in [-0.2, 0) is 17.8 Å². The van der Waals surface area contributed by atoms with Crippen molar-refractivity contribution in [3.05, 3.63) is 76.3 Å². The lowest BCUT2D eigenvalue weighted by Crippen LogP contribution is -2.15. The van der Waals surface area contributed by atoms with Crippen molar-refractivity contribution in [3.8, 4) is 5.75 Å². The number of pyridine rings is 1. The van der Waals surface area contributed by atoms with Gasteiger partial charge in [0.15, 0.2) is 0 Å². The van der Waals surface area contributed by atoms with Crippen LogP contribution in [0.2, 0.25) is 10.0 Å². The Kier molecular flexibility index (Phi) is 5.89. The van der Waals surface area contributed by atoms with E-state index < -0.39 is 0 Å². The Morgan fingerprint density at radius 3 is 2.86 bits per heavy atom. The SMILES string of the molecule is O=C(Cc1cnsn1)Nc1ccc(Cl)c(COc2cccc3cnccc23)c1Cl. The normalized spacial score (nSPS) is 10.8. The van der Waals surface area contributed by atoms with Gasteiger partial charge < -0.3 is 10.1 Å². The summed E-state index contributed by atoms with van der Waals surface area (Å²) in [6, 6.07) is 11.0. The van der Waals surface area contributed by atoms with Crippen LogP contribution in [0.4, 0.5) is 5.69 Å². The summed E-state index contributed by atoms with van der Waals surface area (Å²) in [6.45, 7) is 0.152. The topological polar surface area (TPSA) is 77.0 Å². The smallest absolute Gasteiger partial charge is 0.230 e.